The Hall–Kier alpha value is -0.780. The predicted molar refractivity (Wildman–Crippen MR) is 75.1 cm³/mol. The van der Waals surface area contributed by atoms with Crippen molar-refractivity contribution in [1.29, 1.82) is 0 Å². The first-order valence-electron chi connectivity index (χ1n) is 5.83. The molecular weight excluding hydrogens is 329 g/mol. The number of halogens is 1. The van der Waals surface area contributed by atoms with Gasteiger partial charge in [-0.05, 0) is 34.7 Å². The van der Waals surface area contributed by atoms with Crippen LogP contribution in [0.25, 0.3) is 0 Å². The first-order valence-corrected chi connectivity index (χ1v) is 6.91. The van der Waals surface area contributed by atoms with E-state index >= 15 is 0 Å². The van der Waals surface area contributed by atoms with Gasteiger partial charge in [-0.15, -0.1) is 0 Å². The Morgan fingerprint density at radius 1 is 1.35 bits per heavy atom. The number of nitrogens with zero attached hydrogens (tertiary/aromatic N) is 1. The molecule has 17 heavy (non-hydrogen) atoms. The summed E-state index contributed by atoms with van der Waals surface area (Å²) in [5.41, 5.74) is 0. The molecule has 0 atom stereocenters. The number of hydrogen-bond acceptors (Lipinski definition) is 2. The monoisotopic (exact) mass is 345 g/mol. The van der Waals surface area contributed by atoms with E-state index in [1.807, 2.05) is 29.2 Å². The maximum absolute atomic E-state index is 11.2. The smallest absolute Gasteiger partial charge is 0.219 e. The Morgan fingerprint density at radius 3 is 2.59 bits per heavy atom. The third kappa shape index (κ3) is 3.34. The van der Waals surface area contributed by atoms with Crippen LogP contribution in [0.2, 0.25) is 0 Å². The Kier molecular flexibility index (Phi) is 4.25. The number of likely N-dealkylation sites (tertiary alicyclic amines) is 1. The SMILES string of the molecule is CC(=O)N1CCC(Oc2ccccc2I)CC1. The highest BCUT2D eigenvalue weighted by Crippen LogP contribution is 2.24. The normalized spacial score (nSPS) is 16.9. The van der Waals surface area contributed by atoms with E-state index < -0.39 is 0 Å². The van der Waals surface area contributed by atoms with Crippen LogP contribution in [0.5, 0.6) is 5.75 Å². The highest BCUT2D eigenvalue weighted by Gasteiger charge is 2.22. The fourth-order valence-electron chi connectivity index (χ4n) is 2.01. The Balaban J connectivity index is 1.90. The van der Waals surface area contributed by atoms with Crippen molar-refractivity contribution in [3.63, 3.8) is 0 Å². The largest absolute Gasteiger partial charge is 0.489 e. The molecule has 0 aromatic heterocycles. The predicted octanol–water partition coefficient (Wildman–Crippen LogP) is 2.68. The molecule has 1 aromatic carbocycles. The minimum absolute atomic E-state index is 0.165. The zero-order valence-electron chi connectivity index (χ0n) is 9.86. The number of piperidine rings is 1. The third-order valence-electron chi connectivity index (χ3n) is 3.02. The van der Waals surface area contributed by atoms with Crippen molar-refractivity contribution >= 4 is 28.5 Å². The lowest BCUT2D eigenvalue weighted by molar-refractivity contribution is -0.130. The summed E-state index contributed by atoms with van der Waals surface area (Å²) in [4.78, 5) is 13.1. The summed E-state index contributed by atoms with van der Waals surface area (Å²) in [5, 5.41) is 0. The number of benzene rings is 1. The molecule has 92 valence electrons. The van der Waals surface area contributed by atoms with Gasteiger partial charge in [-0.1, -0.05) is 12.1 Å². The maximum Gasteiger partial charge on any atom is 0.219 e. The molecule has 3 nitrogen and oxygen atoms in total. The van der Waals surface area contributed by atoms with E-state index in [2.05, 4.69) is 22.6 Å². The molecule has 1 fully saturated rings. The molecule has 0 radical (unpaired) electrons. The van der Waals surface area contributed by atoms with Crippen molar-refractivity contribution in [1.82, 2.24) is 4.90 Å². The van der Waals surface area contributed by atoms with E-state index in [1.165, 1.54) is 0 Å². The van der Waals surface area contributed by atoms with Crippen LogP contribution in [0.15, 0.2) is 24.3 Å². The average molecular weight is 345 g/mol. The summed E-state index contributed by atoms with van der Waals surface area (Å²) in [5.74, 6) is 1.12. The van der Waals surface area contributed by atoms with Gasteiger partial charge in [0.1, 0.15) is 11.9 Å². The van der Waals surface area contributed by atoms with Gasteiger partial charge in [0.05, 0.1) is 3.57 Å². The quantitative estimate of drug-likeness (QED) is 0.772. The summed E-state index contributed by atoms with van der Waals surface area (Å²) in [6.07, 6.45) is 2.08. The second kappa shape index (κ2) is 5.71. The third-order valence-corrected chi connectivity index (χ3v) is 3.91. The van der Waals surface area contributed by atoms with Gasteiger partial charge in [0.15, 0.2) is 0 Å². The summed E-state index contributed by atoms with van der Waals surface area (Å²) in [6, 6.07) is 8.04. The zero-order chi connectivity index (χ0) is 12.3. The maximum atomic E-state index is 11.2. The molecule has 0 N–H and O–H groups in total. The van der Waals surface area contributed by atoms with Crippen molar-refractivity contribution < 1.29 is 9.53 Å². The summed E-state index contributed by atoms with van der Waals surface area (Å²) in [7, 11) is 0. The first-order chi connectivity index (χ1) is 8.16. The highest BCUT2D eigenvalue weighted by atomic mass is 127. The highest BCUT2D eigenvalue weighted by molar-refractivity contribution is 14.1. The summed E-state index contributed by atoms with van der Waals surface area (Å²) >= 11 is 2.28. The molecular formula is C13H16INO2. The van der Waals surface area contributed by atoms with E-state index in [0.29, 0.717) is 0 Å². The van der Waals surface area contributed by atoms with Gasteiger partial charge in [-0.3, -0.25) is 4.79 Å². The molecule has 2 rings (SSSR count). The number of rotatable bonds is 2. The molecule has 4 heteroatoms. The number of hydrogen-bond donors (Lipinski definition) is 0. The first kappa shape index (κ1) is 12.7. The van der Waals surface area contributed by atoms with E-state index in [0.717, 1.165) is 35.3 Å². The molecule has 0 bridgehead atoms. The number of carbonyl (C=O) groups is 1. The van der Waals surface area contributed by atoms with Crippen molar-refractivity contribution in [2.75, 3.05) is 13.1 Å². The minimum atomic E-state index is 0.165. The number of ether oxygens (including phenoxy) is 1. The van der Waals surface area contributed by atoms with Crippen LogP contribution in [0.4, 0.5) is 0 Å². The Labute approximate surface area is 115 Å². The molecule has 1 saturated heterocycles. The number of para-hydroxylation sites is 1. The molecule has 1 amide bonds. The molecule has 1 heterocycles. The van der Waals surface area contributed by atoms with Gasteiger partial charge in [0, 0.05) is 32.9 Å². The summed E-state index contributed by atoms with van der Waals surface area (Å²) < 4.78 is 7.11. The second-order valence-electron chi connectivity index (χ2n) is 4.25. The van der Waals surface area contributed by atoms with Gasteiger partial charge in [-0.25, -0.2) is 0 Å². The van der Waals surface area contributed by atoms with E-state index in [-0.39, 0.29) is 12.0 Å². The van der Waals surface area contributed by atoms with E-state index in [4.69, 9.17) is 4.74 Å². The lowest BCUT2D eigenvalue weighted by atomic mass is 10.1. The zero-order valence-corrected chi connectivity index (χ0v) is 12.0. The van der Waals surface area contributed by atoms with Crippen molar-refractivity contribution in [2.45, 2.75) is 25.9 Å². The molecule has 0 spiro atoms. The van der Waals surface area contributed by atoms with Gasteiger partial charge < -0.3 is 9.64 Å². The molecule has 0 unspecified atom stereocenters. The van der Waals surface area contributed by atoms with Crippen LogP contribution in [0.3, 0.4) is 0 Å². The van der Waals surface area contributed by atoms with Crippen molar-refractivity contribution in [2.24, 2.45) is 0 Å². The van der Waals surface area contributed by atoms with Crippen LogP contribution in [-0.2, 0) is 4.79 Å². The van der Waals surface area contributed by atoms with E-state index in [9.17, 15) is 4.79 Å². The van der Waals surface area contributed by atoms with Gasteiger partial charge in [0.2, 0.25) is 5.91 Å². The lowest BCUT2D eigenvalue weighted by Gasteiger charge is -2.31. The van der Waals surface area contributed by atoms with Gasteiger partial charge in [0.25, 0.3) is 0 Å². The molecule has 1 aromatic rings. The van der Waals surface area contributed by atoms with Gasteiger partial charge in [-0.2, -0.15) is 0 Å². The number of carbonyl (C=O) groups excluding carboxylic acids is 1. The topological polar surface area (TPSA) is 29.5 Å². The van der Waals surface area contributed by atoms with Gasteiger partial charge >= 0.3 is 0 Å². The van der Waals surface area contributed by atoms with Crippen LogP contribution in [0, 0.1) is 3.57 Å². The average Bonchev–Trinajstić information content (AvgIpc) is 2.33. The van der Waals surface area contributed by atoms with Crippen LogP contribution in [-0.4, -0.2) is 30.0 Å². The summed E-state index contributed by atoms with van der Waals surface area (Å²) in [6.45, 7) is 3.24. The lowest BCUT2D eigenvalue weighted by Crippen LogP contribution is -2.40. The minimum Gasteiger partial charge on any atom is -0.489 e. The standard InChI is InChI=1S/C13H16INO2/c1-10(16)15-8-6-11(7-9-15)17-13-5-3-2-4-12(13)14/h2-5,11H,6-9H2,1H3. The number of amides is 1. The second-order valence-corrected chi connectivity index (χ2v) is 5.42. The Bertz CT molecular complexity index is 400. The van der Waals surface area contributed by atoms with Crippen LogP contribution in [0.1, 0.15) is 19.8 Å². The fraction of sp³-hybridized carbons (Fsp3) is 0.462. The van der Waals surface area contributed by atoms with Crippen molar-refractivity contribution in [3.05, 3.63) is 27.8 Å². The molecule has 0 saturated carbocycles. The molecule has 1 aliphatic heterocycles. The fourth-order valence-corrected chi connectivity index (χ4v) is 2.52. The van der Waals surface area contributed by atoms with Crippen LogP contribution >= 0.6 is 22.6 Å². The van der Waals surface area contributed by atoms with Crippen LogP contribution < -0.4 is 4.74 Å². The van der Waals surface area contributed by atoms with E-state index in [1.54, 1.807) is 6.92 Å². The molecule has 1 aliphatic rings. The Morgan fingerprint density at radius 2 is 2.00 bits per heavy atom. The van der Waals surface area contributed by atoms with Crippen molar-refractivity contribution in [3.8, 4) is 5.75 Å². The molecule has 0 aliphatic carbocycles.